The van der Waals surface area contributed by atoms with Gasteiger partial charge in [-0.05, 0) is 18.6 Å². The second-order valence-electron chi connectivity index (χ2n) is 4.34. The number of aliphatic carboxylic acids is 1. The van der Waals surface area contributed by atoms with Crippen LogP contribution in [0.25, 0.3) is 0 Å². The van der Waals surface area contributed by atoms with Crippen molar-refractivity contribution in [2.24, 2.45) is 0 Å². The van der Waals surface area contributed by atoms with Crippen molar-refractivity contribution in [1.82, 2.24) is 5.32 Å². The van der Waals surface area contributed by atoms with E-state index in [2.05, 4.69) is 5.32 Å². The van der Waals surface area contributed by atoms with Gasteiger partial charge in [-0.2, -0.15) is 4.39 Å². The van der Waals surface area contributed by atoms with Gasteiger partial charge in [0, 0.05) is 6.07 Å². The number of benzene rings is 1. The Morgan fingerprint density at radius 1 is 1.48 bits per heavy atom. The summed E-state index contributed by atoms with van der Waals surface area (Å²) in [6, 6.07) is 1.44. The number of aliphatic hydroxyl groups excluding tert-OH is 1. The van der Waals surface area contributed by atoms with Crippen molar-refractivity contribution in [2.45, 2.75) is 25.5 Å². The first kappa shape index (κ1) is 16.5. The average Bonchev–Trinajstić information content (AvgIpc) is 2.37. The molecule has 0 saturated carbocycles. The Bertz CT molecular complexity index is 575. The molecule has 3 N–H and O–H groups in total. The van der Waals surface area contributed by atoms with Crippen molar-refractivity contribution < 1.29 is 29.1 Å². The van der Waals surface area contributed by atoms with E-state index in [1.165, 1.54) is 13.0 Å². The number of nitrogens with zero attached hydrogens (tertiary/aromatic N) is 1. The molecule has 0 heterocycles. The number of hydrogen-bond acceptors (Lipinski definition) is 5. The molecule has 21 heavy (non-hydrogen) atoms. The molecule has 0 fully saturated rings. The molecule has 0 radical (unpaired) electrons. The minimum atomic E-state index is -1.49. The smallest absolute Gasteiger partial charge is 0.328 e. The Hall–Kier alpha value is -2.55. The van der Waals surface area contributed by atoms with Gasteiger partial charge in [0.1, 0.15) is 0 Å². The van der Waals surface area contributed by atoms with Gasteiger partial charge in [-0.1, -0.05) is 6.07 Å². The summed E-state index contributed by atoms with van der Waals surface area (Å²) in [6.45, 7) is 1.20. The van der Waals surface area contributed by atoms with Crippen LogP contribution in [0.5, 0.6) is 0 Å². The molecule has 0 spiro atoms. The SMILES string of the molecule is CC(O)C(NC(=O)Cc1ccc(F)c([N+](=O)[O-])c1)C(=O)O. The molecule has 2 unspecified atom stereocenters. The van der Waals surface area contributed by atoms with Crippen molar-refractivity contribution in [3.63, 3.8) is 0 Å². The number of amides is 1. The van der Waals surface area contributed by atoms with Crippen LogP contribution in [0.4, 0.5) is 10.1 Å². The van der Waals surface area contributed by atoms with E-state index in [1.54, 1.807) is 0 Å². The quantitative estimate of drug-likeness (QED) is 0.509. The number of carboxylic acid groups (broad SMARTS) is 1. The Morgan fingerprint density at radius 2 is 2.10 bits per heavy atom. The summed E-state index contributed by atoms with van der Waals surface area (Å²) in [5, 5.41) is 30.7. The van der Waals surface area contributed by atoms with Gasteiger partial charge in [0.2, 0.25) is 11.7 Å². The van der Waals surface area contributed by atoms with Gasteiger partial charge in [-0.25, -0.2) is 4.79 Å². The van der Waals surface area contributed by atoms with Gasteiger partial charge in [0.15, 0.2) is 6.04 Å². The highest BCUT2D eigenvalue weighted by Crippen LogP contribution is 2.18. The molecule has 2 atom stereocenters. The fourth-order valence-corrected chi connectivity index (χ4v) is 1.61. The first-order valence-corrected chi connectivity index (χ1v) is 5.85. The van der Waals surface area contributed by atoms with Crippen LogP contribution in [0.3, 0.4) is 0 Å². The number of carboxylic acids is 1. The normalized spacial score (nSPS) is 13.3. The van der Waals surface area contributed by atoms with E-state index in [9.17, 15) is 29.2 Å². The summed E-state index contributed by atoms with van der Waals surface area (Å²) in [7, 11) is 0. The van der Waals surface area contributed by atoms with Crippen molar-refractivity contribution in [3.05, 3.63) is 39.7 Å². The van der Waals surface area contributed by atoms with E-state index in [1.807, 2.05) is 0 Å². The number of halogens is 1. The molecule has 0 aliphatic rings. The van der Waals surface area contributed by atoms with Crippen molar-refractivity contribution >= 4 is 17.6 Å². The number of aliphatic hydroxyl groups is 1. The summed E-state index contributed by atoms with van der Waals surface area (Å²) in [5.41, 5.74) is -0.624. The summed E-state index contributed by atoms with van der Waals surface area (Å²) in [4.78, 5) is 32.1. The first-order chi connectivity index (χ1) is 9.72. The van der Waals surface area contributed by atoms with E-state index >= 15 is 0 Å². The molecule has 0 aliphatic heterocycles. The number of carbonyl (C=O) groups is 2. The fraction of sp³-hybridized carbons (Fsp3) is 0.333. The topological polar surface area (TPSA) is 130 Å². The lowest BCUT2D eigenvalue weighted by molar-refractivity contribution is -0.387. The van der Waals surface area contributed by atoms with Crippen LogP contribution in [-0.2, 0) is 16.0 Å². The molecule has 1 aromatic rings. The predicted molar refractivity (Wildman–Crippen MR) is 68.0 cm³/mol. The van der Waals surface area contributed by atoms with E-state index in [4.69, 9.17) is 5.11 Å². The number of rotatable bonds is 6. The maximum absolute atomic E-state index is 13.1. The molecule has 1 amide bonds. The fourth-order valence-electron chi connectivity index (χ4n) is 1.61. The summed E-state index contributed by atoms with van der Waals surface area (Å²) in [6.07, 6.45) is -1.69. The average molecular weight is 300 g/mol. The van der Waals surface area contributed by atoms with E-state index in [0.717, 1.165) is 12.1 Å². The van der Waals surface area contributed by atoms with Crippen LogP contribution < -0.4 is 5.32 Å². The maximum atomic E-state index is 13.1. The number of hydrogen-bond donors (Lipinski definition) is 3. The molecule has 1 rings (SSSR count). The summed E-state index contributed by atoms with van der Waals surface area (Å²) >= 11 is 0. The molecular weight excluding hydrogens is 287 g/mol. The van der Waals surface area contributed by atoms with Crippen molar-refractivity contribution in [1.29, 1.82) is 0 Å². The molecule has 8 nitrogen and oxygen atoms in total. The van der Waals surface area contributed by atoms with Gasteiger partial charge in [0.05, 0.1) is 17.4 Å². The molecule has 1 aromatic carbocycles. The second kappa shape index (κ2) is 6.75. The van der Waals surface area contributed by atoms with Gasteiger partial charge in [-0.3, -0.25) is 14.9 Å². The highest BCUT2D eigenvalue weighted by molar-refractivity contribution is 5.85. The number of nitro groups is 1. The van der Waals surface area contributed by atoms with Crippen molar-refractivity contribution in [3.8, 4) is 0 Å². The van der Waals surface area contributed by atoms with Gasteiger partial charge in [-0.15, -0.1) is 0 Å². The van der Waals surface area contributed by atoms with Crippen LogP contribution >= 0.6 is 0 Å². The van der Waals surface area contributed by atoms with Crippen LogP contribution in [0, 0.1) is 15.9 Å². The van der Waals surface area contributed by atoms with E-state index in [0.29, 0.717) is 0 Å². The predicted octanol–water partition coefficient (Wildman–Crippen LogP) is 0.227. The molecule has 0 aliphatic carbocycles. The Morgan fingerprint density at radius 3 is 2.57 bits per heavy atom. The highest BCUT2D eigenvalue weighted by Gasteiger charge is 2.25. The molecular formula is C12H13FN2O6. The molecule has 0 bridgehead atoms. The molecule has 0 saturated heterocycles. The summed E-state index contributed by atoms with van der Waals surface area (Å²) in [5.74, 6) is -3.20. The third kappa shape index (κ3) is 4.49. The number of nitrogens with one attached hydrogen (secondary N) is 1. The highest BCUT2D eigenvalue weighted by atomic mass is 19.1. The zero-order valence-electron chi connectivity index (χ0n) is 10.9. The minimum absolute atomic E-state index is 0.148. The van der Waals surface area contributed by atoms with Crippen LogP contribution in [0.2, 0.25) is 0 Å². The molecule has 0 aromatic heterocycles. The lowest BCUT2D eigenvalue weighted by atomic mass is 10.1. The number of carbonyl (C=O) groups excluding carboxylic acids is 1. The zero-order chi connectivity index (χ0) is 16.2. The van der Waals surface area contributed by atoms with E-state index in [-0.39, 0.29) is 12.0 Å². The van der Waals surface area contributed by atoms with Crippen molar-refractivity contribution in [2.75, 3.05) is 0 Å². The maximum Gasteiger partial charge on any atom is 0.328 e. The Kier molecular flexibility index (Phi) is 5.30. The van der Waals surface area contributed by atoms with E-state index < -0.39 is 40.5 Å². The van der Waals surface area contributed by atoms with Crippen LogP contribution in [0.15, 0.2) is 18.2 Å². The monoisotopic (exact) mass is 300 g/mol. The number of nitro benzene ring substituents is 1. The van der Waals surface area contributed by atoms with Gasteiger partial charge >= 0.3 is 11.7 Å². The largest absolute Gasteiger partial charge is 0.480 e. The zero-order valence-corrected chi connectivity index (χ0v) is 10.9. The molecule has 114 valence electrons. The van der Waals surface area contributed by atoms with Crippen LogP contribution in [0.1, 0.15) is 12.5 Å². The lowest BCUT2D eigenvalue weighted by Crippen LogP contribution is -2.48. The second-order valence-corrected chi connectivity index (χ2v) is 4.34. The third-order valence-corrected chi connectivity index (χ3v) is 2.64. The first-order valence-electron chi connectivity index (χ1n) is 5.85. The Labute approximate surface area is 118 Å². The molecule has 9 heteroatoms. The minimum Gasteiger partial charge on any atom is -0.480 e. The van der Waals surface area contributed by atoms with Gasteiger partial charge in [0.25, 0.3) is 0 Å². The third-order valence-electron chi connectivity index (χ3n) is 2.64. The van der Waals surface area contributed by atoms with Gasteiger partial charge < -0.3 is 15.5 Å². The lowest BCUT2D eigenvalue weighted by Gasteiger charge is -2.16. The summed E-state index contributed by atoms with van der Waals surface area (Å²) < 4.78 is 13.1. The Balaban J connectivity index is 2.82. The standard InChI is InChI=1S/C12H13FN2O6/c1-6(16)11(12(18)19)14-10(17)5-7-2-3-8(13)9(4-7)15(20)21/h2-4,6,11,16H,5H2,1H3,(H,14,17)(H,18,19). The van der Waals surface area contributed by atoms with Crippen LogP contribution in [-0.4, -0.2) is 39.2 Å².